The van der Waals surface area contributed by atoms with E-state index in [0.29, 0.717) is 10.8 Å². The summed E-state index contributed by atoms with van der Waals surface area (Å²) >= 11 is 6.05. The number of piperidine rings is 1. The van der Waals surface area contributed by atoms with Crippen LogP contribution < -0.4 is 4.90 Å². The number of carbonyl (C=O) groups is 1. The zero-order valence-corrected chi connectivity index (χ0v) is 9.94. The van der Waals surface area contributed by atoms with E-state index in [-0.39, 0.29) is 11.8 Å². The Morgan fingerprint density at radius 2 is 2.38 bits per heavy atom. The van der Waals surface area contributed by atoms with Crippen molar-refractivity contribution >= 4 is 23.2 Å². The average Bonchev–Trinajstić information content (AvgIpc) is 2.29. The summed E-state index contributed by atoms with van der Waals surface area (Å²) in [6.45, 7) is 2.46. The van der Waals surface area contributed by atoms with Crippen LogP contribution in [0.1, 0.15) is 26.2 Å². The average molecular weight is 240 g/mol. The standard InChI is InChI=1S/C11H14ClN3O/c1-8(16)10-4-2-3-5-15(10)11-9(12)6-13-7-14-11/h6-7,10H,2-5H2,1H3. The molecular weight excluding hydrogens is 226 g/mol. The van der Waals surface area contributed by atoms with Crippen LogP contribution in [0.15, 0.2) is 12.5 Å². The van der Waals surface area contributed by atoms with Crippen LogP contribution in [-0.2, 0) is 4.79 Å². The minimum Gasteiger partial charge on any atom is -0.345 e. The third-order valence-electron chi connectivity index (χ3n) is 2.89. The fourth-order valence-electron chi connectivity index (χ4n) is 2.13. The Bertz CT molecular complexity index is 397. The second-order valence-electron chi connectivity index (χ2n) is 4.01. The highest BCUT2D eigenvalue weighted by molar-refractivity contribution is 6.32. The SMILES string of the molecule is CC(=O)C1CCCCN1c1ncncc1Cl. The van der Waals surface area contributed by atoms with Gasteiger partial charge in [0.25, 0.3) is 0 Å². The van der Waals surface area contributed by atoms with Crippen LogP contribution in [0.2, 0.25) is 5.02 Å². The number of ketones is 1. The predicted molar refractivity (Wildman–Crippen MR) is 62.7 cm³/mol. The first kappa shape index (κ1) is 11.3. The largest absolute Gasteiger partial charge is 0.345 e. The number of hydrogen-bond acceptors (Lipinski definition) is 4. The van der Waals surface area contributed by atoms with E-state index >= 15 is 0 Å². The molecule has 1 aromatic rings. The van der Waals surface area contributed by atoms with Crippen LogP contribution in [0.3, 0.4) is 0 Å². The van der Waals surface area contributed by atoms with Gasteiger partial charge in [-0.2, -0.15) is 0 Å². The molecule has 5 heteroatoms. The summed E-state index contributed by atoms with van der Waals surface area (Å²) in [5.74, 6) is 0.853. The number of halogens is 1. The number of carbonyl (C=O) groups excluding carboxylic acids is 1. The van der Waals surface area contributed by atoms with Crippen molar-refractivity contribution in [3.63, 3.8) is 0 Å². The van der Waals surface area contributed by atoms with E-state index in [1.807, 2.05) is 4.90 Å². The Balaban J connectivity index is 2.30. The molecule has 2 rings (SSSR count). The van der Waals surface area contributed by atoms with Crippen molar-refractivity contribution in [2.45, 2.75) is 32.2 Å². The third kappa shape index (κ3) is 2.16. The van der Waals surface area contributed by atoms with E-state index in [4.69, 9.17) is 11.6 Å². The Hall–Kier alpha value is -1.16. The molecule has 1 atom stereocenters. The summed E-state index contributed by atoms with van der Waals surface area (Å²) in [4.78, 5) is 21.6. The summed E-state index contributed by atoms with van der Waals surface area (Å²) in [6, 6.07) is -0.0823. The van der Waals surface area contributed by atoms with Gasteiger partial charge in [-0.1, -0.05) is 11.6 Å². The Kier molecular flexibility index (Phi) is 3.39. The molecule has 1 aliphatic rings. The second-order valence-corrected chi connectivity index (χ2v) is 4.42. The lowest BCUT2D eigenvalue weighted by Gasteiger charge is -2.35. The molecule has 0 radical (unpaired) electrons. The highest BCUT2D eigenvalue weighted by Gasteiger charge is 2.28. The lowest BCUT2D eigenvalue weighted by Crippen LogP contribution is -2.44. The van der Waals surface area contributed by atoms with Gasteiger partial charge in [0.1, 0.15) is 11.3 Å². The van der Waals surface area contributed by atoms with E-state index in [1.165, 1.54) is 6.33 Å². The predicted octanol–water partition coefficient (Wildman–Crippen LogP) is 2.08. The van der Waals surface area contributed by atoms with E-state index < -0.39 is 0 Å². The molecule has 16 heavy (non-hydrogen) atoms. The topological polar surface area (TPSA) is 46.1 Å². The van der Waals surface area contributed by atoms with Gasteiger partial charge in [-0.25, -0.2) is 9.97 Å². The van der Waals surface area contributed by atoms with Gasteiger partial charge in [0.15, 0.2) is 11.6 Å². The van der Waals surface area contributed by atoms with Gasteiger partial charge in [-0.05, 0) is 26.2 Å². The van der Waals surface area contributed by atoms with Crippen molar-refractivity contribution in [1.29, 1.82) is 0 Å². The van der Waals surface area contributed by atoms with Crippen molar-refractivity contribution in [3.05, 3.63) is 17.5 Å². The van der Waals surface area contributed by atoms with Gasteiger partial charge >= 0.3 is 0 Å². The molecule has 0 saturated carbocycles. The summed E-state index contributed by atoms with van der Waals surface area (Å²) in [6.07, 6.45) is 6.08. The van der Waals surface area contributed by atoms with Crippen molar-refractivity contribution in [3.8, 4) is 0 Å². The molecule has 86 valence electrons. The molecule has 2 heterocycles. The maximum absolute atomic E-state index is 11.6. The first-order valence-corrected chi connectivity index (χ1v) is 5.80. The molecule has 1 aromatic heterocycles. The molecule has 0 aromatic carbocycles. The maximum atomic E-state index is 11.6. The number of hydrogen-bond donors (Lipinski definition) is 0. The summed E-state index contributed by atoms with van der Waals surface area (Å²) in [5, 5.41) is 0.510. The highest BCUT2D eigenvalue weighted by Crippen LogP contribution is 2.28. The quantitative estimate of drug-likeness (QED) is 0.793. The van der Waals surface area contributed by atoms with Crippen LogP contribution in [0.25, 0.3) is 0 Å². The van der Waals surface area contributed by atoms with E-state index in [1.54, 1.807) is 13.1 Å². The summed E-state index contributed by atoms with van der Waals surface area (Å²) in [7, 11) is 0. The van der Waals surface area contributed by atoms with Gasteiger partial charge in [0, 0.05) is 6.54 Å². The van der Waals surface area contributed by atoms with Crippen LogP contribution in [0.5, 0.6) is 0 Å². The molecule has 0 aliphatic carbocycles. The Labute approximate surface area is 99.6 Å². The normalized spacial score (nSPS) is 20.9. The number of anilines is 1. The Morgan fingerprint density at radius 3 is 3.06 bits per heavy atom. The van der Waals surface area contributed by atoms with Gasteiger partial charge in [0.05, 0.1) is 12.2 Å². The van der Waals surface area contributed by atoms with E-state index in [2.05, 4.69) is 9.97 Å². The van der Waals surface area contributed by atoms with Crippen molar-refractivity contribution < 1.29 is 4.79 Å². The van der Waals surface area contributed by atoms with Crippen molar-refractivity contribution in [2.75, 3.05) is 11.4 Å². The first-order valence-electron chi connectivity index (χ1n) is 5.42. The number of nitrogens with zero attached hydrogens (tertiary/aromatic N) is 3. The van der Waals surface area contributed by atoms with E-state index in [0.717, 1.165) is 25.8 Å². The zero-order valence-electron chi connectivity index (χ0n) is 9.19. The van der Waals surface area contributed by atoms with Gasteiger partial charge < -0.3 is 4.90 Å². The zero-order chi connectivity index (χ0) is 11.5. The molecule has 4 nitrogen and oxygen atoms in total. The highest BCUT2D eigenvalue weighted by atomic mass is 35.5. The summed E-state index contributed by atoms with van der Waals surface area (Å²) < 4.78 is 0. The molecule has 1 aliphatic heterocycles. The molecule has 1 unspecified atom stereocenters. The fraction of sp³-hybridized carbons (Fsp3) is 0.545. The Morgan fingerprint density at radius 1 is 1.56 bits per heavy atom. The van der Waals surface area contributed by atoms with Crippen LogP contribution in [0, 0.1) is 0 Å². The van der Waals surface area contributed by atoms with Crippen molar-refractivity contribution in [1.82, 2.24) is 9.97 Å². The number of aromatic nitrogens is 2. The van der Waals surface area contributed by atoms with Crippen LogP contribution >= 0.6 is 11.6 Å². The molecule has 1 fully saturated rings. The van der Waals surface area contributed by atoms with Gasteiger partial charge in [-0.3, -0.25) is 4.79 Å². The second kappa shape index (κ2) is 4.78. The molecule has 0 amide bonds. The van der Waals surface area contributed by atoms with Crippen molar-refractivity contribution in [2.24, 2.45) is 0 Å². The lowest BCUT2D eigenvalue weighted by atomic mass is 9.99. The third-order valence-corrected chi connectivity index (χ3v) is 3.16. The maximum Gasteiger partial charge on any atom is 0.152 e. The minimum absolute atomic E-state index is 0.0823. The monoisotopic (exact) mass is 239 g/mol. The van der Waals surface area contributed by atoms with E-state index in [9.17, 15) is 4.79 Å². The molecule has 1 saturated heterocycles. The van der Waals surface area contributed by atoms with Gasteiger partial charge in [0.2, 0.25) is 0 Å². The molecule has 0 bridgehead atoms. The summed E-state index contributed by atoms with van der Waals surface area (Å²) in [5.41, 5.74) is 0. The first-order chi connectivity index (χ1) is 7.70. The minimum atomic E-state index is -0.0823. The molecular formula is C11H14ClN3O. The number of Topliss-reactive ketones (excluding diaryl/α,β-unsaturated/α-hetero) is 1. The fourth-order valence-corrected chi connectivity index (χ4v) is 2.34. The molecule has 0 spiro atoms. The lowest BCUT2D eigenvalue weighted by molar-refractivity contribution is -0.118. The van der Waals surface area contributed by atoms with Crippen LogP contribution in [-0.4, -0.2) is 28.3 Å². The smallest absolute Gasteiger partial charge is 0.152 e. The molecule has 0 N–H and O–H groups in total. The van der Waals surface area contributed by atoms with Gasteiger partial charge in [-0.15, -0.1) is 0 Å². The number of rotatable bonds is 2. The van der Waals surface area contributed by atoms with Crippen LogP contribution in [0.4, 0.5) is 5.82 Å².